The summed E-state index contributed by atoms with van der Waals surface area (Å²) in [6.07, 6.45) is 71.1. The fourth-order valence-electron chi connectivity index (χ4n) is 9.55. The third-order valence-corrected chi connectivity index (χ3v) is 14.5. The predicted octanol–water partition coefficient (Wildman–Crippen LogP) is 16.2. The third-order valence-electron chi connectivity index (χ3n) is 14.5. The molecular formula is C66H117NO8. The van der Waals surface area contributed by atoms with Gasteiger partial charge in [-0.1, -0.05) is 272 Å². The van der Waals surface area contributed by atoms with Gasteiger partial charge in [0.05, 0.1) is 25.4 Å². The molecule has 1 rings (SSSR count). The monoisotopic (exact) mass is 1050 g/mol. The zero-order valence-corrected chi connectivity index (χ0v) is 48.3. The zero-order valence-electron chi connectivity index (χ0n) is 48.3. The second-order valence-electron chi connectivity index (χ2n) is 21.5. The molecule has 7 atom stereocenters. The largest absolute Gasteiger partial charge is 0.394 e. The zero-order chi connectivity index (χ0) is 54.3. The second kappa shape index (κ2) is 54.7. The third kappa shape index (κ3) is 44.0. The van der Waals surface area contributed by atoms with Crippen LogP contribution in [0.5, 0.6) is 0 Å². The number of amides is 1. The first-order chi connectivity index (χ1) is 36.8. The van der Waals surface area contributed by atoms with Crippen LogP contribution in [-0.4, -0.2) is 87.5 Å². The van der Waals surface area contributed by atoms with Crippen molar-refractivity contribution in [1.29, 1.82) is 0 Å². The number of aliphatic hydroxyl groups is 5. The number of hydrogen-bond donors (Lipinski definition) is 6. The minimum atomic E-state index is -1.58. The van der Waals surface area contributed by atoms with Crippen molar-refractivity contribution in [2.75, 3.05) is 13.2 Å². The summed E-state index contributed by atoms with van der Waals surface area (Å²) in [5.74, 6) is -0.219. The van der Waals surface area contributed by atoms with Crippen LogP contribution in [0.4, 0.5) is 0 Å². The maximum Gasteiger partial charge on any atom is 0.220 e. The quantitative estimate of drug-likeness (QED) is 0.0261. The fourth-order valence-corrected chi connectivity index (χ4v) is 9.55. The van der Waals surface area contributed by atoms with Gasteiger partial charge < -0.3 is 40.3 Å². The van der Waals surface area contributed by atoms with Crippen LogP contribution in [0, 0.1) is 0 Å². The van der Waals surface area contributed by atoms with E-state index in [0.717, 1.165) is 70.6 Å². The molecule has 1 aliphatic rings. The molecule has 75 heavy (non-hydrogen) atoms. The average molecular weight is 1050 g/mol. The van der Waals surface area contributed by atoms with Gasteiger partial charge in [0, 0.05) is 6.42 Å². The van der Waals surface area contributed by atoms with Gasteiger partial charge in [0.2, 0.25) is 5.91 Å². The Balaban J connectivity index is 2.20. The summed E-state index contributed by atoms with van der Waals surface area (Å²) in [6, 6.07) is -0.846. The van der Waals surface area contributed by atoms with Gasteiger partial charge in [-0.05, 0) is 77.0 Å². The van der Waals surface area contributed by atoms with Crippen LogP contribution in [0.3, 0.4) is 0 Å². The van der Waals surface area contributed by atoms with E-state index in [1.807, 2.05) is 6.08 Å². The molecule has 0 spiro atoms. The van der Waals surface area contributed by atoms with E-state index in [4.69, 9.17) is 9.47 Å². The Morgan fingerprint density at radius 1 is 0.467 bits per heavy atom. The Hall–Kier alpha value is -2.63. The number of nitrogens with one attached hydrogen (secondary N) is 1. The van der Waals surface area contributed by atoms with Gasteiger partial charge in [-0.15, -0.1) is 0 Å². The lowest BCUT2D eigenvalue weighted by atomic mass is 9.99. The van der Waals surface area contributed by atoms with Crippen molar-refractivity contribution in [1.82, 2.24) is 5.32 Å². The summed E-state index contributed by atoms with van der Waals surface area (Å²) in [7, 11) is 0. The Kier molecular flexibility index (Phi) is 51.3. The van der Waals surface area contributed by atoms with E-state index >= 15 is 0 Å². The van der Waals surface area contributed by atoms with Gasteiger partial charge >= 0.3 is 0 Å². The van der Waals surface area contributed by atoms with Crippen molar-refractivity contribution in [2.45, 2.75) is 314 Å². The molecule has 1 saturated heterocycles. The molecule has 9 heteroatoms. The predicted molar refractivity (Wildman–Crippen MR) is 318 cm³/mol. The summed E-state index contributed by atoms with van der Waals surface area (Å²) < 4.78 is 11.3. The topological polar surface area (TPSA) is 149 Å². The van der Waals surface area contributed by atoms with Gasteiger partial charge in [-0.25, -0.2) is 0 Å². The lowest BCUT2D eigenvalue weighted by Crippen LogP contribution is -2.60. The molecule has 1 fully saturated rings. The molecule has 6 N–H and O–H groups in total. The fraction of sp³-hybridized carbons (Fsp3) is 0.773. The minimum Gasteiger partial charge on any atom is -0.394 e. The van der Waals surface area contributed by atoms with Crippen molar-refractivity contribution < 1.29 is 39.8 Å². The van der Waals surface area contributed by atoms with Crippen molar-refractivity contribution >= 4 is 5.91 Å². The Labute approximate surface area is 461 Å². The van der Waals surface area contributed by atoms with Crippen molar-refractivity contribution in [2.24, 2.45) is 0 Å². The summed E-state index contributed by atoms with van der Waals surface area (Å²) in [4.78, 5) is 13.0. The summed E-state index contributed by atoms with van der Waals surface area (Å²) in [5, 5.41) is 54.5. The van der Waals surface area contributed by atoms with Crippen LogP contribution in [-0.2, 0) is 14.3 Å². The summed E-state index contributed by atoms with van der Waals surface area (Å²) in [5.41, 5.74) is 0. The SMILES string of the molecule is CC/C=C\C/C=C\C/C=C\C/C=C\C/C=C\CCCCCC(=O)NC(COC1OC(CO)C(O)C(O)C1O)C(O)/C=C/CC/C=C/CCCCCCCCCCCCCCCCCCCCCCCCCCCCC. The van der Waals surface area contributed by atoms with E-state index in [2.05, 4.69) is 92.1 Å². The number of ether oxygens (including phenoxy) is 2. The van der Waals surface area contributed by atoms with E-state index in [-0.39, 0.29) is 12.5 Å². The molecule has 1 amide bonds. The Morgan fingerprint density at radius 2 is 0.840 bits per heavy atom. The lowest BCUT2D eigenvalue weighted by Gasteiger charge is -2.40. The molecule has 1 aliphatic heterocycles. The molecule has 0 saturated carbocycles. The molecule has 0 aromatic rings. The Morgan fingerprint density at radius 3 is 1.28 bits per heavy atom. The number of allylic oxidation sites excluding steroid dienone is 13. The molecule has 9 nitrogen and oxygen atoms in total. The molecule has 0 aliphatic carbocycles. The highest BCUT2D eigenvalue weighted by atomic mass is 16.7. The molecule has 0 aromatic heterocycles. The van der Waals surface area contributed by atoms with Crippen molar-refractivity contribution in [3.05, 3.63) is 85.1 Å². The standard InChI is InChI=1S/C66H117NO8/c1-3-5-7-9-11-13-15-17-19-21-23-24-25-26-27-28-29-30-31-32-33-34-35-36-38-39-41-43-45-47-49-51-53-55-60(69)59(58-74-66-65(73)64(72)63(71)61(57-68)75-66)67-62(70)56-54-52-50-48-46-44-42-40-37-22-20-18-16-14-12-10-8-6-4-2/h6,8,12,14,18,20,37,40,44-47,53,55,59-61,63-66,68-69,71-73H,3-5,7,9-11,13,15-17,19,21-36,38-39,41-43,48-52,54,56-58H2,1-2H3,(H,67,70)/b8-6-,14-12-,20-18-,40-37-,46-44-,47-45+,55-53+. The van der Waals surface area contributed by atoms with Crippen LogP contribution in [0.15, 0.2) is 85.1 Å². The van der Waals surface area contributed by atoms with E-state index in [1.54, 1.807) is 6.08 Å². The summed E-state index contributed by atoms with van der Waals surface area (Å²) in [6.45, 7) is 3.64. The normalized spacial score (nSPS) is 19.5. The average Bonchev–Trinajstić information content (AvgIpc) is 3.41. The first kappa shape index (κ1) is 70.4. The Bertz CT molecular complexity index is 1450. The van der Waals surface area contributed by atoms with Crippen LogP contribution in [0.25, 0.3) is 0 Å². The lowest BCUT2D eigenvalue weighted by molar-refractivity contribution is -0.302. The first-order valence-electron chi connectivity index (χ1n) is 31.3. The first-order valence-corrected chi connectivity index (χ1v) is 31.3. The van der Waals surface area contributed by atoms with Crippen LogP contribution < -0.4 is 5.32 Å². The molecular weight excluding hydrogens is 935 g/mol. The molecule has 0 aromatic carbocycles. The highest BCUT2D eigenvalue weighted by molar-refractivity contribution is 5.76. The highest BCUT2D eigenvalue weighted by Crippen LogP contribution is 2.23. The molecule has 7 unspecified atom stereocenters. The second-order valence-corrected chi connectivity index (χ2v) is 21.5. The number of carbonyl (C=O) groups excluding carboxylic acids is 1. The van der Waals surface area contributed by atoms with Crippen LogP contribution in [0.1, 0.15) is 271 Å². The molecule has 1 heterocycles. The van der Waals surface area contributed by atoms with Crippen LogP contribution >= 0.6 is 0 Å². The number of rotatable bonds is 53. The van der Waals surface area contributed by atoms with Gasteiger partial charge in [0.15, 0.2) is 6.29 Å². The van der Waals surface area contributed by atoms with E-state index in [1.165, 1.54) is 173 Å². The van der Waals surface area contributed by atoms with E-state index < -0.39 is 49.5 Å². The molecule has 434 valence electrons. The van der Waals surface area contributed by atoms with Crippen molar-refractivity contribution in [3.63, 3.8) is 0 Å². The molecule has 0 radical (unpaired) electrons. The van der Waals surface area contributed by atoms with E-state index in [9.17, 15) is 30.3 Å². The number of carbonyl (C=O) groups is 1. The highest BCUT2D eigenvalue weighted by Gasteiger charge is 2.44. The molecule has 0 bridgehead atoms. The smallest absolute Gasteiger partial charge is 0.220 e. The van der Waals surface area contributed by atoms with Crippen molar-refractivity contribution in [3.8, 4) is 0 Å². The van der Waals surface area contributed by atoms with Gasteiger partial charge in [-0.3, -0.25) is 4.79 Å². The van der Waals surface area contributed by atoms with Gasteiger partial charge in [0.25, 0.3) is 0 Å². The maximum absolute atomic E-state index is 13.0. The number of aliphatic hydroxyl groups excluding tert-OH is 5. The van der Waals surface area contributed by atoms with Crippen LogP contribution in [0.2, 0.25) is 0 Å². The van der Waals surface area contributed by atoms with Gasteiger partial charge in [-0.2, -0.15) is 0 Å². The minimum absolute atomic E-state index is 0.219. The maximum atomic E-state index is 13.0. The number of hydrogen-bond acceptors (Lipinski definition) is 8. The van der Waals surface area contributed by atoms with E-state index in [0.29, 0.717) is 12.8 Å². The van der Waals surface area contributed by atoms with Gasteiger partial charge in [0.1, 0.15) is 24.4 Å². The number of unbranched alkanes of at least 4 members (excludes halogenated alkanes) is 31. The summed E-state index contributed by atoms with van der Waals surface area (Å²) >= 11 is 0.